The summed E-state index contributed by atoms with van der Waals surface area (Å²) in [6, 6.07) is 23.7. The molecule has 42 heavy (non-hydrogen) atoms. The Labute approximate surface area is 255 Å². The van der Waals surface area contributed by atoms with Gasteiger partial charge in [-0.1, -0.05) is 89.8 Å². The third-order valence-electron chi connectivity index (χ3n) is 8.14. The van der Waals surface area contributed by atoms with Crippen molar-refractivity contribution < 1.29 is 19.2 Å². The number of rotatable bonds is 11. The normalized spacial score (nSPS) is 15.8. The van der Waals surface area contributed by atoms with Crippen LogP contribution in [0.15, 0.2) is 83.3 Å². The Morgan fingerprint density at radius 2 is 1.45 bits per heavy atom. The molecule has 0 spiro atoms. The summed E-state index contributed by atoms with van der Waals surface area (Å²) in [6.45, 7) is 0.413. The van der Waals surface area contributed by atoms with Gasteiger partial charge in [-0.3, -0.25) is 24.1 Å². The summed E-state index contributed by atoms with van der Waals surface area (Å²) in [5, 5.41) is 3.25. The summed E-state index contributed by atoms with van der Waals surface area (Å²) in [5.74, 6) is -0.988. The molecule has 1 aliphatic heterocycles. The third kappa shape index (κ3) is 7.16. The van der Waals surface area contributed by atoms with Gasteiger partial charge >= 0.3 is 0 Å². The van der Waals surface area contributed by atoms with Crippen LogP contribution in [-0.2, 0) is 22.6 Å². The Morgan fingerprint density at radius 1 is 0.833 bits per heavy atom. The molecule has 3 aromatic rings. The highest BCUT2D eigenvalue weighted by Gasteiger charge is 2.36. The van der Waals surface area contributed by atoms with Crippen LogP contribution >= 0.6 is 15.9 Å². The van der Waals surface area contributed by atoms with E-state index in [0.717, 1.165) is 41.3 Å². The molecule has 1 atom stereocenters. The van der Waals surface area contributed by atoms with Gasteiger partial charge in [-0.2, -0.15) is 0 Å². The number of halogens is 1. The zero-order valence-corrected chi connectivity index (χ0v) is 25.2. The molecule has 1 unspecified atom stereocenters. The molecule has 1 aliphatic carbocycles. The summed E-state index contributed by atoms with van der Waals surface area (Å²) < 4.78 is 0.931. The smallest absolute Gasteiger partial charge is 0.261 e. The van der Waals surface area contributed by atoms with Gasteiger partial charge in [-0.25, -0.2) is 0 Å². The zero-order valence-electron chi connectivity index (χ0n) is 23.6. The summed E-state index contributed by atoms with van der Waals surface area (Å²) in [7, 11) is 0. The molecule has 0 saturated heterocycles. The lowest BCUT2D eigenvalue weighted by Crippen LogP contribution is -2.52. The quantitative estimate of drug-likeness (QED) is 0.267. The number of imide groups is 1. The van der Waals surface area contributed by atoms with Crippen LogP contribution in [0.2, 0.25) is 0 Å². The third-order valence-corrected chi connectivity index (χ3v) is 8.67. The van der Waals surface area contributed by atoms with Crippen molar-refractivity contribution in [3.8, 4) is 0 Å². The summed E-state index contributed by atoms with van der Waals surface area (Å²) in [4.78, 5) is 56.4. The Kier molecular flexibility index (Phi) is 9.85. The largest absolute Gasteiger partial charge is 0.352 e. The maximum atomic E-state index is 13.9. The first-order valence-corrected chi connectivity index (χ1v) is 15.5. The number of hydrogen-bond donors (Lipinski definition) is 1. The van der Waals surface area contributed by atoms with Gasteiger partial charge in [0, 0.05) is 36.4 Å². The number of carbonyl (C=O) groups is 4. The lowest BCUT2D eigenvalue weighted by Gasteiger charge is -2.33. The van der Waals surface area contributed by atoms with Crippen LogP contribution in [0.5, 0.6) is 0 Å². The van der Waals surface area contributed by atoms with Crippen LogP contribution in [0, 0.1) is 0 Å². The van der Waals surface area contributed by atoms with Crippen LogP contribution in [0.3, 0.4) is 0 Å². The summed E-state index contributed by atoms with van der Waals surface area (Å²) in [6.07, 6.45) is 6.06. The molecular formula is C34H36BrN3O4. The minimum absolute atomic E-state index is 0.103. The van der Waals surface area contributed by atoms with Crippen LogP contribution in [0.1, 0.15) is 76.8 Å². The molecule has 0 aromatic heterocycles. The van der Waals surface area contributed by atoms with Crippen molar-refractivity contribution in [3.63, 3.8) is 0 Å². The van der Waals surface area contributed by atoms with Gasteiger partial charge in [-0.05, 0) is 54.7 Å². The highest BCUT2D eigenvalue weighted by atomic mass is 79.9. The number of nitrogens with zero attached hydrogens (tertiary/aromatic N) is 2. The first kappa shape index (κ1) is 29.7. The number of amides is 4. The molecule has 0 bridgehead atoms. The van der Waals surface area contributed by atoms with Crippen LogP contribution in [0.4, 0.5) is 0 Å². The molecule has 3 aromatic carbocycles. The minimum Gasteiger partial charge on any atom is -0.352 e. The van der Waals surface area contributed by atoms with E-state index in [4.69, 9.17) is 0 Å². The summed E-state index contributed by atoms with van der Waals surface area (Å²) >= 11 is 3.47. The van der Waals surface area contributed by atoms with E-state index in [2.05, 4.69) is 21.2 Å². The Balaban J connectivity index is 1.35. The van der Waals surface area contributed by atoms with E-state index in [0.29, 0.717) is 24.0 Å². The van der Waals surface area contributed by atoms with Crippen molar-refractivity contribution >= 4 is 39.6 Å². The molecular weight excluding hydrogens is 594 g/mol. The number of benzene rings is 3. The van der Waals surface area contributed by atoms with Crippen molar-refractivity contribution in [3.05, 3.63) is 106 Å². The Hall–Kier alpha value is -3.78. The van der Waals surface area contributed by atoms with E-state index < -0.39 is 6.04 Å². The predicted molar refractivity (Wildman–Crippen MR) is 165 cm³/mol. The second-order valence-electron chi connectivity index (χ2n) is 11.1. The zero-order chi connectivity index (χ0) is 29.5. The maximum Gasteiger partial charge on any atom is 0.261 e. The fraction of sp³-hybridized carbons (Fsp3) is 0.353. The topological polar surface area (TPSA) is 86.8 Å². The van der Waals surface area contributed by atoms with E-state index in [9.17, 15) is 19.2 Å². The monoisotopic (exact) mass is 629 g/mol. The SMILES string of the molecule is O=C(NC1CCCCC1)C(Cc1ccccc1)N(Cc1ccc(Br)cc1)C(=O)CCCN1C(=O)c2ccccc2C1=O. The molecule has 1 N–H and O–H groups in total. The van der Waals surface area contributed by atoms with Gasteiger partial charge in [0.1, 0.15) is 6.04 Å². The molecule has 0 radical (unpaired) electrons. The van der Waals surface area contributed by atoms with E-state index in [1.165, 1.54) is 11.3 Å². The van der Waals surface area contributed by atoms with Crippen LogP contribution < -0.4 is 5.32 Å². The van der Waals surface area contributed by atoms with Gasteiger partial charge in [0.15, 0.2) is 0 Å². The van der Waals surface area contributed by atoms with Crippen molar-refractivity contribution in [1.82, 2.24) is 15.1 Å². The van der Waals surface area contributed by atoms with E-state index in [1.54, 1.807) is 29.2 Å². The first-order chi connectivity index (χ1) is 20.4. The second kappa shape index (κ2) is 13.9. The van der Waals surface area contributed by atoms with E-state index in [1.807, 2.05) is 54.6 Å². The molecule has 4 amide bonds. The molecule has 1 fully saturated rings. The van der Waals surface area contributed by atoms with Crippen LogP contribution in [-0.4, -0.2) is 52.1 Å². The average molecular weight is 631 g/mol. The number of carbonyl (C=O) groups excluding carboxylic acids is 4. The lowest BCUT2D eigenvalue weighted by molar-refractivity contribution is -0.141. The second-order valence-corrected chi connectivity index (χ2v) is 12.0. The lowest BCUT2D eigenvalue weighted by atomic mass is 9.94. The summed E-state index contributed by atoms with van der Waals surface area (Å²) in [5.41, 5.74) is 2.68. The molecule has 1 saturated carbocycles. The predicted octanol–water partition coefficient (Wildman–Crippen LogP) is 5.91. The highest BCUT2D eigenvalue weighted by molar-refractivity contribution is 9.10. The Bertz CT molecular complexity index is 1390. The van der Waals surface area contributed by atoms with E-state index >= 15 is 0 Å². The van der Waals surface area contributed by atoms with Gasteiger partial charge in [0.25, 0.3) is 11.8 Å². The standard InChI is InChI=1S/C34H36BrN3O4/c35-26-19-17-25(18-20-26)23-38(31(39)16-9-21-37-33(41)28-14-7-8-15-29(28)34(37)42)30(22-24-10-3-1-4-11-24)32(40)36-27-12-5-2-6-13-27/h1,3-4,7-8,10-11,14-15,17-20,27,30H,2,5-6,9,12-13,16,21-23H2,(H,36,40). The highest BCUT2D eigenvalue weighted by Crippen LogP contribution is 2.24. The van der Waals surface area contributed by atoms with Gasteiger partial charge < -0.3 is 10.2 Å². The minimum atomic E-state index is -0.704. The van der Waals surface area contributed by atoms with Gasteiger partial charge in [0.05, 0.1) is 11.1 Å². The molecule has 8 heteroatoms. The maximum absolute atomic E-state index is 13.9. The molecule has 218 valence electrons. The fourth-order valence-electron chi connectivity index (χ4n) is 5.86. The molecule has 5 rings (SSSR count). The first-order valence-electron chi connectivity index (χ1n) is 14.7. The fourth-order valence-corrected chi connectivity index (χ4v) is 6.12. The van der Waals surface area contributed by atoms with Crippen molar-refractivity contribution in [2.24, 2.45) is 0 Å². The molecule has 2 aliphatic rings. The number of fused-ring (bicyclic) bond motifs is 1. The molecule has 1 heterocycles. The van der Waals surface area contributed by atoms with E-state index in [-0.39, 0.29) is 49.2 Å². The molecule has 7 nitrogen and oxygen atoms in total. The number of nitrogens with one attached hydrogen (secondary N) is 1. The van der Waals surface area contributed by atoms with Crippen molar-refractivity contribution in [1.29, 1.82) is 0 Å². The number of hydrogen-bond acceptors (Lipinski definition) is 4. The van der Waals surface area contributed by atoms with Gasteiger partial charge in [0.2, 0.25) is 11.8 Å². The van der Waals surface area contributed by atoms with Gasteiger partial charge in [-0.15, -0.1) is 0 Å². The average Bonchev–Trinajstić information content (AvgIpc) is 3.25. The van der Waals surface area contributed by atoms with Crippen molar-refractivity contribution in [2.45, 2.75) is 70.0 Å². The van der Waals surface area contributed by atoms with Crippen LogP contribution in [0.25, 0.3) is 0 Å². The Morgan fingerprint density at radius 3 is 2.10 bits per heavy atom. The van der Waals surface area contributed by atoms with Crippen molar-refractivity contribution in [2.75, 3.05) is 6.54 Å².